The number of aliphatic hydroxyl groups is 1. The van der Waals surface area contributed by atoms with Crippen LogP contribution in [-0.2, 0) is 14.3 Å². The summed E-state index contributed by atoms with van der Waals surface area (Å²) in [5.74, 6) is -1.46. The highest BCUT2D eigenvalue weighted by Gasteiger charge is 2.10. The fourth-order valence-corrected chi connectivity index (χ4v) is 1.27. The minimum atomic E-state index is -1.14. The first-order chi connectivity index (χ1) is 9.65. The lowest BCUT2D eigenvalue weighted by atomic mass is 10.1. The molecule has 0 aliphatic carbocycles. The van der Waals surface area contributed by atoms with Crippen LogP contribution in [-0.4, -0.2) is 50.6 Å². The van der Waals surface area contributed by atoms with Crippen LogP contribution in [0.3, 0.4) is 0 Å². The fourth-order valence-electron chi connectivity index (χ4n) is 1.27. The zero-order chi connectivity index (χ0) is 15.2. The van der Waals surface area contributed by atoms with Crippen LogP contribution < -0.4 is 0 Å². The maximum absolute atomic E-state index is 13.1. The van der Waals surface area contributed by atoms with Crippen molar-refractivity contribution in [1.82, 2.24) is 0 Å². The van der Waals surface area contributed by atoms with Crippen LogP contribution in [0, 0.1) is 0 Å². The van der Waals surface area contributed by atoms with Crippen molar-refractivity contribution in [2.24, 2.45) is 0 Å². The van der Waals surface area contributed by atoms with Crippen LogP contribution in [0.4, 0.5) is 13.2 Å². The Labute approximate surface area is 115 Å². The summed E-state index contributed by atoms with van der Waals surface area (Å²) < 4.78 is 47.3. The van der Waals surface area contributed by atoms with Crippen molar-refractivity contribution >= 4 is 5.78 Å². The van der Waals surface area contributed by atoms with Crippen molar-refractivity contribution in [2.75, 3.05) is 39.7 Å². The first-order valence-corrected chi connectivity index (χ1v) is 6.14. The topological polar surface area (TPSA) is 55.8 Å². The number of ketones is 1. The van der Waals surface area contributed by atoms with E-state index in [2.05, 4.69) is 0 Å². The van der Waals surface area contributed by atoms with Gasteiger partial charge in [-0.3, -0.25) is 4.79 Å². The molecule has 0 aromatic rings. The highest BCUT2D eigenvalue weighted by molar-refractivity contribution is 5.81. The molecule has 0 saturated carbocycles. The number of aliphatic hydroxyl groups excluding tert-OH is 1. The van der Waals surface area contributed by atoms with E-state index in [1.54, 1.807) is 0 Å². The summed E-state index contributed by atoms with van der Waals surface area (Å²) in [5, 5.41) is 8.43. The number of ether oxygens (including phenoxy) is 2. The Bertz CT molecular complexity index is 330. The summed E-state index contributed by atoms with van der Waals surface area (Å²) in [6, 6.07) is 0. The Morgan fingerprint density at radius 3 is 2.35 bits per heavy atom. The summed E-state index contributed by atoms with van der Waals surface area (Å²) >= 11 is 0. The lowest BCUT2D eigenvalue weighted by Gasteiger charge is -2.05. The van der Waals surface area contributed by atoms with Crippen molar-refractivity contribution in [3.05, 3.63) is 23.8 Å². The monoisotopic (exact) mass is 296 g/mol. The van der Waals surface area contributed by atoms with Gasteiger partial charge in [0.25, 0.3) is 0 Å². The van der Waals surface area contributed by atoms with Crippen LogP contribution in [0.5, 0.6) is 0 Å². The molecule has 0 amide bonds. The molecule has 7 heteroatoms. The molecular formula is C13H19F3O4. The smallest absolute Gasteiger partial charge is 0.139 e. The van der Waals surface area contributed by atoms with Crippen molar-refractivity contribution in [2.45, 2.75) is 12.8 Å². The van der Waals surface area contributed by atoms with E-state index in [1.165, 1.54) is 0 Å². The number of alkyl halides is 1. The molecule has 0 rings (SSSR count). The van der Waals surface area contributed by atoms with E-state index in [9.17, 15) is 18.0 Å². The number of hydrogen-bond acceptors (Lipinski definition) is 4. The molecular weight excluding hydrogens is 277 g/mol. The summed E-state index contributed by atoms with van der Waals surface area (Å²) in [4.78, 5) is 11.4. The van der Waals surface area contributed by atoms with Gasteiger partial charge in [-0.1, -0.05) is 0 Å². The first kappa shape index (κ1) is 18.8. The maximum atomic E-state index is 13.1. The standard InChI is InChI=1S/C13H19F3O4/c14-3-1-13(16)11(10-15)9-12(18)2-5-19-7-8-20-6-4-17/h1,3,17H,2,4-10H2/b3-1+,13-11+. The van der Waals surface area contributed by atoms with Gasteiger partial charge < -0.3 is 14.6 Å². The largest absolute Gasteiger partial charge is 0.394 e. The van der Waals surface area contributed by atoms with E-state index in [1.807, 2.05) is 0 Å². The quantitative estimate of drug-likeness (QED) is 0.442. The van der Waals surface area contributed by atoms with Crippen molar-refractivity contribution in [3.63, 3.8) is 0 Å². The van der Waals surface area contributed by atoms with Crippen LogP contribution >= 0.6 is 0 Å². The van der Waals surface area contributed by atoms with E-state index in [4.69, 9.17) is 14.6 Å². The van der Waals surface area contributed by atoms with E-state index < -0.39 is 24.7 Å². The summed E-state index contributed by atoms with van der Waals surface area (Å²) in [6.07, 6.45) is 0.0231. The van der Waals surface area contributed by atoms with Gasteiger partial charge in [0.15, 0.2) is 0 Å². The van der Waals surface area contributed by atoms with Gasteiger partial charge in [-0.2, -0.15) is 0 Å². The van der Waals surface area contributed by atoms with Gasteiger partial charge in [0, 0.05) is 24.5 Å². The number of halogens is 3. The second-order valence-electron chi connectivity index (χ2n) is 3.79. The normalized spacial score (nSPS) is 12.8. The second kappa shape index (κ2) is 12.8. The molecule has 116 valence electrons. The van der Waals surface area contributed by atoms with Crippen LogP contribution in [0.1, 0.15) is 12.8 Å². The molecule has 0 fully saturated rings. The number of hydrogen-bond donors (Lipinski definition) is 1. The molecule has 0 radical (unpaired) electrons. The molecule has 0 bridgehead atoms. The minimum Gasteiger partial charge on any atom is -0.394 e. The van der Waals surface area contributed by atoms with Crippen LogP contribution in [0.2, 0.25) is 0 Å². The average molecular weight is 296 g/mol. The number of carbonyl (C=O) groups excluding carboxylic acids is 1. The van der Waals surface area contributed by atoms with Gasteiger partial charge >= 0.3 is 0 Å². The van der Waals surface area contributed by atoms with Gasteiger partial charge in [-0.05, 0) is 0 Å². The third-order valence-corrected chi connectivity index (χ3v) is 2.25. The number of carbonyl (C=O) groups is 1. The van der Waals surface area contributed by atoms with Gasteiger partial charge in [0.2, 0.25) is 0 Å². The molecule has 0 aliphatic heterocycles. The molecule has 0 aliphatic rings. The highest BCUT2D eigenvalue weighted by atomic mass is 19.1. The van der Waals surface area contributed by atoms with Crippen LogP contribution in [0.15, 0.2) is 23.8 Å². The number of Topliss-reactive ketones (excluding diaryl/α,β-unsaturated/α-hetero) is 1. The first-order valence-electron chi connectivity index (χ1n) is 6.14. The van der Waals surface area contributed by atoms with Gasteiger partial charge in [0.1, 0.15) is 18.3 Å². The predicted molar refractivity (Wildman–Crippen MR) is 67.3 cm³/mol. The molecule has 0 aromatic carbocycles. The maximum Gasteiger partial charge on any atom is 0.139 e. The van der Waals surface area contributed by atoms with Crippen molar-refractivity contribution in [3.8, 4) is 0 Å². The highest BCUT2D eigenvalue weighted by Crippen LogP contribution is 2.14. The zero-order valence-corrected chi connectivity index (χ0v) is 11.1. The fraction of sp³-hybridized carbons (Fsp3) is 0.615. The SMILES string of the molecule is O=C(CCOCCOCCO)C/C(CF)=C(F)/C=C/F. The third kappa shape index (κ3) is 9.71. The Morgan fingerprint density at radius 1 is 1.15 bits per heavy atom. The lowest BCUT2D eigenvalue weighted by molar-refractivity contribution is -0.119. The Morgan fingerprint density at radius 2 is 1.80 bits per heavy atom. The Kier molecular flexibility index (Phi) is 12.1. The molecule has 0 atom stereocenters. The molecule has 0 saturated heterocycles. The predicted octanol–water partition coefficient (Wildman–Crippen LogP) is 2.04. The van der Waals surface area contributed by atoms with Gasteiger partial charge in [-0.15, -0.1) is 0 Å². The average Bonchev–Trinajstić information content (AvgIpc) is 2.44. The summed E-state index contributed by atoms with van der Waals surface area (Å²) in [6.45, 7) is -0.332. The van der Waals surface area contributed by atoms with Gasteiger partial charge in [0.05, 0.1) is 39.4 Å². The summed E-state index contributed by atoms with van der Waals surface area (Å²) in [5.41, 5.74) is -0.379. The molecule has 20 heavy (non-hydrogen) atoms. The molecule has 0 aromatic heterocycles. The van der Waals surface area contributed by atoms with E-state index in [0.717, 1.165) is 0 Å². The molecule has 0 spiro atoms. The molecule has 4 nitrogen and oxygen atoms in total. The molecule has 0 unspecified atom stereocenters. The second-order valence-corrected chi connectivity index (χ2v) is 3.79. The molecule has 1 N–H and O–H groups in total. The number of allylic oxidation sites excluding steroid dienone is 3. The van der Waals surface area contributed by atoms with E-state index in [0.29, 0.717) is 12.7 Å². The Hall–Kier alpha value is -1.18. The van der Waals surface area contributed by atoms with Crippen LogP contribution in [0.25, 0.3) is 0 Å². The van der Waals surface area contributed by atoms with Gasteiger partial charge in [-0.25, -0.2) is 13.2 Å². The Balaban J connectivity index is 3.85. The minimum absolute atomic E-state index is 0.0100. The van der Waals surface area contributed by atoms with Crippen molar-refractivity contribution < 1.29 is 32.5 Å². The lowest BCUT2D eigenvalue weighted by Crippen LogP contribution is -2.11. The number of rotatable bonds is 12. The van der Waals surface area contributed by atoms with E-state index in [-0.39, 0.29) is 44.8 Å². The summed E-state index contributed by atoms with van der Waals surface area (Å²) in [7, 11) is 0. The zero-order valence-electron chi connectivity index (χ0n) is 11.1. The third-order valence-electron chi connectivity index (χ3n) is 2.25. The van der Waals surface area contributed by atoms with E-state index >= 15 is 0 Å². The molecule has 0 heterocycles. The van der Waals surface area contributed by atoms with Crippen molar-refractivity contribution in [1.29, 1.82) is 0 Å².